The van der Waals surface area contributed by atoms with Crippen molar-refractivity contribution >= 4 is 18.0 Å². The topological polar surface area (TPSA) is 125 Å². The number of rotatable bonds is 6. The maximum atomic E-state index is 11.5. The van der Waals surface area contributed by atoms with Gasteiger partial charge >= 0.3 is 18.0 Å². The minimum absolute atomic E-state index is 0.0250. The second kappa shape index (κ2) is 11.5. The van der Waals surface area contributed by atoms with Crippen LogP contribution in [-0.2, 0) is 27.3 Å². The first kappa shape index (κ1) is 24.9. The van der Waals surface area contributed by atoms with E-state index in [4.69, 9.17) is 14.9 Å². The lowest BCUT2D eigenvalue weighted by molar-refractivity contribution is -0.138. The van der Waals surface area contributed by atoms with E-state index in [0.29, 0.717) is 0 Å². The first-order valence-corrected chi connectivity index (χ1v) is 11.7. The van der Waals surface area contributed by atoms with Crippen LogP contribution in [0.15, 0.2) is 72.8 Å². The van der Waals surface area contributed by atoms with E-state index in [9.17, 15) is 14.4 Å². The number of benzene rings is 3. The molecule has 3 aromatic rings. The minimum atomic E-state index is -1.10. The van der Waals surface area contributed by atoms with Crippen LogP contribution < -0.4 is 10.6 Å². The van der Waals surface area contributed by atoms with Crippen LogP contribution in [0.2, 0.25) is 0 Å². The highest BCUT2D eigenvalue weighted by Crippen LogP contribution is 2.44. The van der Waals surface area contributed by atoms with Gasteiger partial charge in [0.15, 0.2) is 0 Å². The number of fused-ring (bicyclic) bond motifs is 4. The van der Waals surface area contributed by atoms with E-state index in [1.54, 1.807) is 0 Å². The summed E-state index contributed by atoms with van der Waals surface area (Å²) in [4.78, 5) is 32.5. The highest BCUT2D eigenvalue weighted by molar-refractivity contribution is 5.79. The Hall–Kier alpha value is -4.17. The summed E-state index contributed by atoms with van der Waals surface area (Å²) in [7, 11) is 0. The van der Waals surface area contributed by atoms with Gasteiger partial charge in [-0.25, -0.2) is 4.79 Å². The molecule has 0 aromatic heterocycles. The molecule has 0 fully saturated rings. The number of hydrogen-bond acceptors (Lipinski definition) is 5. The molecule has 186 valence electrons. The van der Waals surface area contributed by atoms with E-state index >= 15 is 0 Å². The quantitative estimate of drug-likeness (QED) is 0.416. The van der Waals surface area contributed by atoms with Crippen LogP contribution in [-0.4, -0.2) is 47.4 Å². The van der Waals surface area contributed by atoms with Gasteiger partial charge in [-0.15, -0.1) is 0 Å². The normalized spacial score (nSPS) is 15.4. The van der Waals surface area contributed by atoms with E-state index in [-0.39, 0.29) is 25.0 Å². The largest absolute Gasteiger partial charge is 0.481 e. The average molecular weight is 489 g/mol. The predicted octanol–water partition coefficient (Wildman–Crippen LogP) is 3.79. The molecule has 8 heteroatoms. The Bertz CT molecular complexity index is 1210. The zero-order valence-electron chi connectivity index (χ0n) is 19.6. The second-order valence-corrected chi connectivity index (χ2v) is 8.72. The highest BCUT2D eigenvalue weighted by Gasteiger charge is 2.29. The Labute approximate surface area is 208 Å². The zero-order chi connectivity index (χ0) is 25.5. The summed E-state index contributed by atoms with van der Waals surface area (Å²) >= 11 is 0. The van der Waals surface area contributed by atoms with Gasteiger partial charge in [-0.3, -0.25) is 9.59 Å². The Balaban J connectivity index is 0.000000187. The number of alkyl carbamates (subject to hydrolysis) is 1. The maximum Gasteiger partial charge on any atom is 0.407 e. The van der Waals surface area contributed by atoms with Gasteiger partial charge in [0, 0.05) is 18.5 Å². The SMILES string of the molecule is O=C(O)CC1Cc2ccccc2CN1.O=C(O)CNC(=O)OCC1c2ccccc2-c2ccccc21. The van der Waals surface area contributed by atoms with Gasteiger partial charge in [0.1, 0.15) is 13.2 Å². The smallest absolute Gasteiger partial charge is 0.407 e. The van der Waals surface area contributed by atoms with Gasteiger partial charge in [0.2, 0.25) is 0 Å². The fourth-order valence-corrected chi connectivity index (χ4v) is 4.67. The van der Waals surface area contributed by atoms with Crippen LogP contribution in [0.25, 0.3) is 11.1 Å². The van der Waals surface area contributed by atoms with Crippen LogP contribution in [0, 0.1) is 0 Å². The molecular weight excluding hydrogens is 460 g/mol. The summed E-state index contributed by atoms with van der Waals surface area (Å²) in [5, 5.41) is 22.6. The molecule has 1 aliphatic carbocycles. The summed E-state index contributed by atoms with van der Waals surface area (Å²) in [5.74, 6) is -1.86. The van der Waals surface area contributed by atoms with Crippen LogP contribution in [0.3, 0.4) is 0 Å². The van der Waals surface area contributed by atoms with E-state index in [1.165, 1.54) is 11.1 Å². The summed E-state index contributed by atoms with van der Waals surface area (Å²) in [5.41, 5.74) is 7.10. The van der Waals surface area contributed by atoms with Crippen molar-refractivity contribution in [3.8, 4) is 11.1 Å². The van der Waals surface area contributed by atoms with Crippen molar-refractivity contribution in [1.29, 1.82) is 0 Å². The number of carbonyl (C=O) groups is 3. The molecule has 4 N–H and O–H groups in total. The maximum absolute atomic E-state index is 11.5. The minimum Gasteiger partial charge on any atom is -0.481 e. The predicted molar refractivity (Wildman–Crippen MR) is 134 cm³/mol. The van der Waals surface area contributed by atoms with Crippen molar-refractivity contribution in [1.82, 2.24) is 10.6 Å². The van der Waals surface area contributed by atoms with Crippen LogP contribution in [0.4, 0.5) is 4.79 Å². The van der Waals surface area contributed by atoms with Gasteiger partial charge < -0.3 is 25.6 Å². The van der Waals surface area contributed by atoms with Gasteiger partial charge in [-0.05, 0) is 39.8 Å². The van der Waals surface area contributed by atoms with Crippen molar-refractivity contribution < 1.29 is 29.3 Å². The van der Waals surface area contributed by atoms with Gasteiger partial charge in [-0.1, -0.05) is 72.8 Å². The van der Waals surface area contributed by atoms with E-state index in [2.05, 4.69) is 34.9 Å². The van der Waals surface area contributed by atoms with Crippen molar-refractivity contribution in [2.45, 2.75) is 31.3 Å². The number of aliphatic carboxylic acids is 2. The zero-order valence-corrected chi connectivity index (χ0v) is 19.6. The third-order valence-electron chi connectivity index (χ3n) is 6.31. The molecule has 0 saturated heterocycles. The van der Waals surface area contributed by atoms with E-state index in [1.807, 2.05) is 48.5 Å². The Kier molecular flexibility index (Phi) is 7.97. The van der Waals surface area contributed by atoms with Crippen LogP contribution in [0.1, 0.15) is 34.6 Å². The summed E-state index contributed by atoms with van der Waals surface area (Å²) in [6.45, 7) is 0.518. The van der Waals surface area contributed by atoms with Crippen molar-refractivity contribution in [2.75, 3.05) is 13.2 Å². The standard InChI is InChI=1S/C17H15NO4.C11H13NO2/c19-16(20)9-18-17(21)22-10-15-13-7-3-1-5-11(13)12-6-2-4-8-14(12)15;13-11(14)6-10-5-8-3-1-2-4-9(8)7-12-10/h1-8,15H,9-10H2,(H,18,21)(H,19,20);1-4,10,12H,5-7H2,(H,13,14). The third-order valence-corrected chi connectivity index (χ3v) is 6.31. The molecule has 0 saturated carbocycles. The van der Waals surface area contributed by atoms with Gasteiger partial charge in [-0.2, -0.15) is 0 Å². The number of carboxylic acids is 2. The van der Waals surface area contributed by atoms with E-state index in [0.717, 1.165) is 35.2 Å². The van der Waals surface area contributed by atoms with Crippen LogP contribution >= 0.6 is 0 Å². The molecule has 2 aliphatic rings. The molecule has 5 rings (SSSR count). The molecule has 1 unspecified atom stereocenters. The number of carboxylic acid groups (broad SMARTS) is 2. The molecule has 0 radical (unpaired) electrons. The third kappa shape index (κ3) is 6.09. The molecule has 0 spiro atoms. The number of carbonyl (C=O) groups excluding carboxylic acids is 1. The summed E-state index contributed by atoms with van der Waals surface area (Å²) < 4.78 is 5.18. The average Bonchev–Trinajstić information content (AvgIpc) is 3.20. The molecular formula is C28H28N2O6. The van der Waals surface area contributed by atoms with Gasteiger partial charge in [0.05, 0.1) is 6.42 Å². The van der Waals surface area contributed by atoms with E-state index < -0.39 is 24.6 Å². The Morgan fingerprint density at radius 2 is 1.42 bits per heavy atom. The van der Waals surface area contributed by atoms with Crippen molar-refractivity contribution in [3.05, 3.63) is 95.1 Å². The highest BCUT2D eigenvalue weighted by atomic mass is 16.5. The fraction of sp³-hybridized carbons (Fsp3) is 0.250. The summed E-state index contributed by atoms with van der Waals surface area (Å²) in [6, 6.07) is 24.3. The number of amides is 1. The van der Waals surface area contributed by atoms with Crippen molar-refractivity contribution in [3.63, 3.8) is 0 Å². The number of nitrogens with one attached hydrogen (secondary N) is 2. The molecule has 1 amide bonds. The van der Waals surface area contributed by atoms with Gasteiger partial charge in [0.25, 0.3) is 0 Å². The second-order valence-electron chi connectivity index (χ2n) is 8.72. The lowest BCUT2D eigenvalue weighted by Gasteiger charge is -2.24. The molecule has 8 nitrogen and oxygen atoms in total. The molecule has 36 heavy (non-hydrogen) atoms. The summed E-state index contributed by atoms with van der Waals surface area (Å²) in [6.07, 6.45) is 0.306. The molecule has 0 bridgehead atoms. The molecule has 1 heterocycles. The van der Waals surface area contributed by atoms with Crippen molar-refractivity contribution in [2.24, 2.45) is 0 Å². The van der Waals surface area contributed by atoms with Crippen LogP contribution in [0.5, 0.6) is 0 Å². The first-order chi connectivity index (χ1) is 17.4. The monoisotopic (exact) mass is 488 g/mol. The molecule has 3 aromatic carbocycles. The first-order valence-electron chi connectivity index (χ1n) is 11.7. The lowest BCUT2D eigenvalue weighted by atomic mass is 9.94. The number of ether oxygens (including phenoxy) is 1. The Morgan fingerprint density at radius 3 is 2.03 bits per heavy atom. The number of hydrogen-bond donors (Lipinski definition) is 4. The fourth-order valence-electron chi connectivity index (χ4n) is 4.67. The molecule has 1 atom stereocenters. The molecule has 1 aliphatic heterocycles. The Morgan fingerprint density at radius 1 is 0.833 bits per heavy atom. The lowest BCUT2D eigenvalue weighted by Crippen LogP contribution is -2.37.